The minimum absolute atomic E-state index is 0. The van der Waals surface area contributed by atoms with Crippen molar-refractivity contribution in [1.82, 2.24) is 10.2 Å². The molecule has 0 spiro atoms. The summed E-state index contributed by atoms with van der Waals surface area (Å²) in [7, 11) is 0. The number of hydrogen-bond acceptors (Lipinski definition) is 3. The Kier molecular flexibility index (Phi) is 8.76. The molecule has 0 atom stereocenters. The molecule has 1 rings (SSSR count). The summed E-state index contributed by atoms with van der Waals surface area (Å²) < 4.78 is 5.31. The number of rotatable bonds is 4. The zero-order chi connectivity index (χ0) is 8.10. The third-order valence-corrected chi connectivity index (χ3v) is 1.56. The van der Waals surface area contributed by atoms with Crippen LogP contribution >= 0.6 is 0 Å². The van der Waals surface area contributed by atoms with E-state index in [0.717, 1.165) is 31.0 Å². The molecule has 0 bridgehead atoms. The molecule has 0 aromatic carbocycles. The maximum atomic E-state index is 5.31. The van der Waals surface area contributed by atoms with E-state index in [1.165, 1.54) is 6.42 Å². The van der Waals surface area contributed by atoms with E-state index >= 15 is 0 Å². The molecule has 0 saturated heterocycles. The number of aryl methyl sites for hydroxylation is 2. The van der Waals surface area contributed by atoms with Gasteiger partial charge in [-0.1, -0.05) is 35.1 Å². The maximum absolute atomic E-state index is 5.31. The number of unbranched alkanes of at least 4 members (excludes halogenated alkanes) is 1. The van der Waals surface area contributed by atoms with Gasteiger partial charge in [-0.3, -0.25) is 0 Å². The highest BCUT2D eigenvalue weighted by Crippen LogP contribution is 2.03. The number of hydrogen-bond donors (Lipinski definition) is 0. The normalized spacial score (nSPS) is 8.77. The fraction of sp³-hybridized carbons (Fsp3) is 0.800. The first-order valence-electron chi connectivity index (χ1n) is 4.18. The molecule has 0 N–H and O–H groups in total. The summed E-state index contributed by atoms with van der Waals surface area (Å²) in [5.41, 5.74) is 0. The van der Waals surface area contributed by atoms with Crippen LogP contribution in [0, 0.1) is 0 Å². The molecule has 0 saturated carbocycles. The van der Waals surface area contributed by atoms with Crippen molar-refractivity contribution in [3.63, 3.8) is 0 Å². The van der Waals surface area contributed by atoms with Crippen LogP contribution in [0.5, 0.6) is 0 Å². The van der Waals surface area contributed by atoms with Crippen LogP contribution in [0.15, 0.2) is 4.42 Å². The Balaban J connectivity index is 0. The van der Waals surface area contributed by atoms with Gasteiger partial charge < -0.3 is 4.42 Å². The summed E-state index contributed by atoms with van der Waals surface area (Å²) in [6, 6.07) is 0. The average molecular weight is 186 g/mol. The van der Waals surface area contributed by atoms with E-state index in [2.05, 4.69) is 17.1 Å². The van der Waals surface area contributed by atoms with Crippen molar-refractivity contribution in [1.29, 1.82) is 0 Å². The van der Waals surface area contributed by atoms with Gasteiger partial charge in [-0.2, -0.15) is 0 Å². The third-order valence-electron chi connectivity index (χ3n) is 1.56. The Morgan fingerprint density at radius 3 is 2.15 bits per heavy atom. The van der Waals surface area contributed by atoms with E-state index in [-0.39, 0.29) is 14.9 Å². The second-order valence-corrected chi connectivity index (χ2v) is 2.55. The molecule has 0 aliphatic heterocycles. The van der Waals surface area contributed by atoms with Crippen molar-refractivity contribution in [2.75, 3.05) is 0 Å². The van der Waals surface area contributed by atoms with Crippen LogP contribution in [-0.4, -0.2) is 10.2 Å². The molecule has 3 heteroatoms. The van der Waals surface area contributed by atoms with Gasteiger partial charge >= 0.3 is 0 Å². The second kappa shape index (κ2) is 7.77. The highest BCUT2D eigenvalue weighted by atomic mass is 16.4. The molecule has 1 heterocycles. The van der Waals surface area contributed by atoms with Crippen molar-refractivity contribution in [3.8, 4) is 0 Å². The van der Waals surface area contributed by atoms with Gasteiger partial charge in [0.15, 0.2) is 0 Å². The summed E-state index contributed by atoms with van der Waals surface area (Å²) in [4.78, 5) is 0. The average Bonchev–Trinajstić information content (AvgIpc) is 2.48. The number of nitrogens with zero attached hydrogens (tertiary/aromatic N) is 2. The third kappa shape index (κ3) is 4.65. The molecule has 78 valence electrons. The quantitative estimate of drug-likeness (QED) is 0.724. The van der Waals surface area contributed by atoms with Gasteiger partial charge in [0.05, 0.1) is 0 Å². The lowest BCUT2D eigenvalue weighted by Crippen LogP contribution is -1.83. The zero-order valence-corrected chi connectivity index (χ0v) is 7.13. The lowest BCUT2D eigenvalue weighted by atomic mass is 10.2. The number of aromatic nitrogens is 2. The van der Waals surface area contributed by atoms with E-state index in [1.807, 2.05) is 6.92 Å². The van der Waals surface area contributed by atoms with Crippen LogP contribution < -0.4 is 0 Å². The van der Waals surface area contributed by atoms with E-state index in [9.17, 15) is 0 Å². The zero-order valence-electron chi connectivity index (χ0n) is 7.13. The van der Waals surface area contributed by atoms with Crippen molar-refractivity contribution >= 4 is 0 Å². The van der Waals surface area contributed by atoms with E-state index in [1.54, 1.807) is 0 Å². The fourth-order valence-electron chi connectivity index (χ4n) is 0.860. The molecule has 0 amide bonds. The molecule has 0 aliphatic carbocycles. The van der Waals surface area contributed by atoms with Crippen LogP contribution in [0.3, 0.4) is 0 Å². The second-order valence-electron chi connectivity index (χ2n) is 2.55. The van der Waals surface area contributed by atoms with Crippen LogP contribution in [-0.2, 0) is 12.8 Å². The highest BCUT2D eigenvalue weighted by molar-refractivity contribution is 4.80. The van der Waals surface area contributed by atoms with Crippen LogP contribution in [0.1, 0.15) is 53.3 Å². The Morgan fingerprint density at radius 2 is 1.69 bits per heavy atom. The SMILES string of the molecule is C.C.CCCCc1nnc(CC)o1. The van der Waals surface area contributed by atoms with E-state index in [4.69, 9.17) is 4.42 Å². The summed E-state index contributed by atoms with van der Waals surface area (Å²) >= 11 is 0. The van der Waals surface area contributed by atoms with Crippen LogP contribution in [0.4, 0.5) is 0 Å². The summed E-state index contributed by atoms with van der Waals surface area (Å²) in [5, 5.41) is 7.78. The first-order chi connectivity index (χ1) is 5.36. The highest BCUT2D eigenvalue weighted by Gasteiger charge is 2.01. The summed E-state index contributed by atoms with van der Waals surface area (Å²) in [5.74, 6) is 1.53. The van der Waals surface area contributed by atoms with Gasteiger partial charge in [0.1, 0.15) is 0 Å². The lowest BCUT2D eigenvalue weighted by molar-refractivity contribution is 0.448. The van der Waals surface area contributed by atoms with Gasteiger partial charge in [0, 0.05) is 12.8 Å². The van der Waals surface area contributed by atoms with Crippen molar-refractivity contribution in [3.05, 3.63) is 11.8 Å². The summed E-state index contributed by atoms with van der Waals surface area (Å²) in [6.45, 7) is 4.16. The molecule has 0 unspecified atom stereocenters. The van der Waals surface area contributed by atoms with Crippen molar-refractivity contribution in [2.45, 2.75) is 54.4 Å². The fourth-order valence-corrected chi connectivity index (χ4v) is 0.860. The maximum Gasteiger partial charge on any atom is 0.216 e. The minimum atomic E-state index is 0. The van der Waals surface area contributed by atoms with E-state index < -0.39 is 0 Å². The van der Waals surface area contributed by atoms with E-state index in [0.29, 0.717) is 0 Å². The van der Waals surface area contributed by atoms with Gasteiger partial charge in [-0.05, 0) is 6.42 Å². The largest absolute Gasteiger partial charge is 0.425 e. The molecule has 0 radical (unpaired) electrons. The Morgan fingerprint density at radius 1 is 1.08 bits per heavy atom. The Bertz CT molecular complexity index is 208. The van der Waals surface area contributed by atoms with Crippen LogP contribution in [0.2, 0.25) is 0 Å². The predicted octanol–water partition coefficient (Wildman–Crippen LogP) is 3.25. The predicted molar refractivity (Wildman–Crippen MR) is 55.8 cm³/mol. The van der Waals surface area contributed by atoms with Gasteiger partial charge in [0.25, 0.3) is 0 Å². The molecule has 13 heavy (non-hydrogen) atoms. The minimum Gasteiger partial charge on any atom is -0.425 e. The van der Waals surface area contributed by atoms with Crippen molar-refractivity contribution < 1.29 is 4.42 Å². The Labute approximate surface area is 81.6 Å². The van der Waals surface area contributed by atoms with Crippen LogP contribution in [0.25, 0.3) is 0 Å². The molecular formula is C10H22N2O. The topological polar surface area (TPSA) is 38.9 Å². The standard InChI is InChI=1S/C8H14N2O.2CH4/c1-3-5-6-8-10-9-7(4-2)11-8;;/h3-6H2,1-2H3;2*1H4. The molecular weight excluding hydrogens is 164 g/mol. The first-order valence-corrected chi connectivity index (χ1v) is 4.18. The first kappa shape index (κ1) is 14.7. The lowest BCUT2D eigenvalue weighted by Gasteiger charge is -1.88. The molecule has 0 aliphatic rings. The van der Waals surface area contributed by atoms with Gasteiger partial charge in [0.2, 0.25) is 11.8 Å². The van der Waals surface area contributed by atoms with Gasteiger partial charge in [-0.15, -0.1) is 10.2 Å². The Hall–Kier alpha value is -0.860. The smallest absolute Gasteiger partial charge is 0.216 e. The molecule has 1 aromatic rings. The van der Waals surface area contributed by atoms with Crippen molar-refractivity contribution in [2.24, 2.45) is 0 Å². The molecule has 0 fully saturated rings. The molecule has 1 aromatic heterocycles. The summed E-state index contributed by atoms with van der Waals surface area (Å²) in [6.07, 6.45) is 4.05. The monoisotopic (exact) mass is 186 g/mol. The van der Waals surface area contributed by atoms with Gasteiger partial charge in [-0.25, -0.2) is 0 Å². The molecule has 3 nitrogen and oxygen atoms in total.